The van der Waals surface area contributed by atoms with Gasteiger partial charge in [0.1, 0.15) is 23.3 Å². The molecule has 3 aromatic rings. The molecule has 0 spiro atoms. The van der Waals surface area contributed by atoms with Crippen LogP contribution < -0.4 is 14.4 Å². The van der Waals surface area contributed by atoms with Gasteiger partial charge in [0.25, 0.3) is 11.7 Å². The molecule has 2 aromatic carbocycles. The number of thiophene rings is 1. The Balaban J connectivity index is 1.98. The van der Waals surface area contributed by atoms with E-state index in [0.717, 1.165) is 10.4 Å². The predicted octanol–water partition coefficient (Wildman–Crippen LogP) is 4.70. The minimum absolute atomic E-state index is 0.0160. The van der Waals surface area contributed by atoms with E-state index in [1.165, 1.54) is 30.5 Å². The van der Waals surface area contributed by atoms with Crippen LogP contribution in [0, 0.1) is 6.92 Å². The first kappa shape index (κ1) is 20.7. The van der Waals surface area contributed by atoms with E-state index in [1.54, 1.807) is 36.4 Å². The molecular formula is C24H21NO5S. The third kappa shape index (κ3) is 3.47. The lowest BCUT2D eigenvalue weighted by Crippen LogP contribution is -2.29. The number of aliphatic hydroxyl groups is 1. The van der Waals surface area contributed by atoms with Gasteiger partial charge in [0, 0.05) is 4.88 Å². The summed E-state index contributed by atoms with van der Waals surface area (Å²) in [7, 11) is 3.00. The van der Waals surface area contributed by atoms with Gasteiger partial charge >= 0.3 is 0 Å². The van der Waals surface area contributed by atoms with Gasteiger partial charge in [-0.2, -0.15) is 0 Å². The fourth-order valence-corrected chi connectivity index (χ4v) is 4.60. The molecule has 2 heterocycles. The van der Waals surface area contributed by atoms with Crippen LogP contribution in [0.3, 0.4) is 0 Å². The largest absolute Gasteiger partial charge is 0.507 e. The van der Waals surface area contributed by atoms with E-state index in [4.69, 9.17) is 9.47 Å². The van der Waals surface area contributed by atoms with Gasteiger partial charge in [-0.15, -0.1) is 11.3 Å². The number of amides is 1. The van der Waals surface area contributed by atoms with Crippen molar-refractivity contribution in [3.8, 4) is 11.5 Å². The predicted molar refractivity (Wildman–Crippen MR) is 120 cm³/mol. The van der Waals surface area contributed by atoms with Crippen LogP contribution in [0.2, 0.25) is 0 Å². The molecule has 31 heavy (non-hydrogen) atoms. The first-order valence-electron chi connectivity index (χ1n) is 9.60. The molecule has 0 bridgehead atoms. The second kappa shape index (κ2) is 8.28. The van der Waals surface area contributed by atoms with Crippen molar-refractivity contribution in [2.24, 2.45) is 0 Å². The smallest absolute Gasteiger partial charge is 0.300 e. The van der Waals surface area contributed by atoms with Crippen molar-refractivity contribution in [2.45, 2.75) is 13.0 Å². The zero-order valence-corrected chi connectivity index (χ0v) is 18.1. The van der Waals surface area contributed by atoms with Crippen molar-refractivity contribution >= 4 is 34.5 Å². The van der Waals surface area contributed by atoms with Gasteiger partial charge in [-0.25, -0.2) is 0 Å². The van der Waals surface area contributed by atoms with Gasteiger partial charge in [0.2, 0.25) is 0 Å². The number of nitrogens with zero attached hydrogens (tertiary/aromatic N) is 1. The number of aliphatic hydroxyl groups excluding tert-OH is 1. The molecule has 158 valence electrons. The maximum atomic E-state index is 13.2. The molecule has 1 amide bonds. The maximum Gasteiger partial charge on any atom is 0.300 e. The van der Waals surface area contributed by atoms with Gasteiger partial charge in [-0.05, 0) is 42.6 Å². The number of hydrogen-bond acceptors (Lipinski definition) is 6. The zero-order valence-electron chi connectivity index (χ0n) is 17.3. The average molecular weight is 436 g/mol. The van der Waals surface area contributed by atoms with E-state index in [0.29, 0.717) is 22.7 Å². The summed E-state index contributed by atoms with van der Waals surface area (Å²) in [6.45, 7) is 1.88. The molecule has 6 nitrogen and oxygen atoms in total. The number of rotatable bonds is 5. The number of para-hydroxylation sites is 2. The van der Waals surface area contributed by atoms with Crippen LogP contribution in [0.1, 0.15) is 22.0 Å². The maximum absolute atomic E-state index is 13.2. The number of carbonyl (C=O) groups is 2. The van der Waals surface area contributed by atoms with E-state index in [2.05, 4.69) is 0 Å². The van der Waals surface area contributed by atoms with E-state index >= 15 is 0 Å². The van der Waals surface area contributed by atoms with Crippen LogP contribution in [0.25, 0.3) is 5.76 Å². The normalized spacial score (nSPS) is 17.8. The summed E-state index contributed by atoms with van der Waals surface area (Å²) in [6, 6.07) is 15.2. The SMILES string of the molecule is COc1ccc(C)cc1/C(O)=C1/C(=O)C(=O)N(c2ccccc2OC)C1c1cccs1. The van der Waals surface area contributed by atoms with Crippen molar-refractivity contribution in [2.75, 3.05) is 19.1 Å². The minimum Gasteiger partial charge on any atom is -0.507 e. The Morgan fingerprint density at radius 1 is 1.00 bits per heavy atom. The van der Waals surface area contributed by atoms with Crippen molar-refractivity contribution < 1.29 is 24.2 Å². The number of methoxy groups -OCH3 is 2. The highest BCUT2D eigenvalue weighted by Crippen LogP contribution is 2.46. The lowest BCUT2D eigenvalue weighted by atomic mass is 9.98. The van der Waals surface area contributed by atoms with Crippen molar-refractivity contribution in [1.29, 1.82) is 0 Å². The van der Waals surface area contributed by atoms with Gasteiger partial charge < -0.3 is 14.6 Å². The van der Waals surface area contributed by atoms with Crippen LogP contribution in [-0.4, -0.2) is 31.0 Å². The summed E-state index contributed by atoms with van der Waals surface area (Å²) in [5, 5.41) is 13.1. The number of carbonyl (C=O) groups excluding carboxylic acids is 2. The van der Waals surface area contributed by atoms with Crippen LogP contribution in [0.4, 0.5) is 5.69 Å². The summed E-state index contributed by atoms with van der Waals surface area (Å²) in [5.74, 6) is -0.883. The molecule has 1 aliphatic rings. The van der Waals surface area contributed by atoms with Crippen molar-refractivity contribution in [3.63, 3.8) is 0 Å². The molecule has 1 atom stereocenters. The molecule has 0 radical (unpaired) electrons. The first-order valence-corrected chi connectivity index (χ1v) is 10.5. The third-order valence-electron chi connectivity index (χ3n) is 5.21. The Bertz CT molecular complexity index is 1180. The molecule has 1 fully saturated rings. The summed E-state index contributed by atoms with van der Waals surface area (Å²) < 4.78 is 10.8. The molecule has 1 aliphatic heterocycles. The van der Waals surface area contributed by atoms with Crippen LogP contribution in [0.15, 0.2) is 65.6 Å². The van der Waals surface area contributed by atoms with Crippen molar-refractivity contribution in [1.82, 2.24) is 0 Å². The van der Waals surface area contributed by atoms with Crippen LogP contribution >= 0.6 is 11.3 Å². The lowest BCUT2D eigenvalue weighted by Gasteiger charge is -2.25. The second-order valence-electron chi connectivity index (χ2n) is 7.06. The highest BCUT2D eigenvalue weighted by Gasteiger charge is 2.48. The minimum atomic E-state index is -0.790. The Kier molecular flexibility index (Phi) is 5.52. The highest BCUT2D eigenvalue weighted by molar-refractivity contribution is 7.10. The molecule has 7 heteroatoms. The number of Topliss-reactive ketones (excluding diaryl/α,β-unsaturated/α-hetero) is 1. The standard InChI is InChI=1S/C24H21NO5S/c1-14-10-11-17(29-2)15(13-14)22(26)20-21(19-9-6-12-31-19)25(24(28)23(20)27)16-7-4-5-8-18(16)30-3/h4-13,21,26H,1-3H3/b22-20-. The van der Waals surface area contributed by atoms with Crippen LogP contribution in [0.5, 0.6) is 11.5 Å². The van der Waals surface area contributed by atoms with E-state index in [9.17, 15) is 14.7 Å². The number of anilines is 1. The number of hydrogen-bond donors (Lipinski definition) is 1. The molecule has 1 aromatic heterocycles. The van der Waals surface area contributed by atoms with Gasteiger partial charge in [-0.1, -0.05) is 29.8 Å². The van der Waals surface area contributed by atoms with Crippen LogP contribution in [-0.2, 0) is 9.59 Å². The number of ketones is 1. The first-order chi connectivity index (χ1) is 15.0. The fraction of sp³-hybridized carbons (Fsp3) is 0.167. The lowest BCUT2D eigenvalue weighted by molar-refractivity contribution is -0.132. The average Bonchev–Trinajstić information content (AvgIpc) is 3.40. The third-order valence-corrected chi connectivity index (χ3v) is 6.14. The van der Waals surface area contributed by atoms with E-state index in [-0.39, 0.29) is 11.3 Å². The topological polar surface area (TPSA) is 76.1 Å². The van der Waals surface area contributed by atoms with Crippen molar-refractivity contribution in [3.05, 3.63) is 81.6 Å². The Morgan fingerprint density at radius 3 is 2.42 bits per heavy atom. The van der Waals surface area contributed by atoms with Gasteiger partial charge in [-0.3, -0.25) is 14.5 Å². The van der Waals surface area contributed by atoms with E-state index < -0.39 is 17.7 Å². The molecular weight excluding hydrogens is 414 g/mol. The fourth-order valence-electron chi connectivity index (χ4n) is 3.78. The van der Waals surface area contributed by atoms with E-state index in [1.807, 2.05) is 30.5 Å². The number of benzene rings is 2. The summed E-state index contributed by atoms with van der Waals surface area (Å²) in [6.07, 6.45) is 0. The highest BCUT2D eigenvalue weighted by atomic mass is 32.1. The van der Waals surface area contributed by atoms with Gasteiger partial charge in [0.05, 0.1) is 31.0 Å². The molecule has 1 N–H and O–H groups in total. The summed E-state index contributed by atoms with van der Waals surface area (Å²) >= 11 is 1.40. The Hall–Kier alpha value is -3.58. The molecule has 0 saturated carbocycles. The van der Waals surface area contributed by atoms with Gasteiger partial charge in [0.15, 0.2) is 0 Å². The monoisotopic (exact) mass is 435 g/mol. The summed E-state index contributed by atoms with van der Waals surface area (Å²) in [4.78, 5) is 28.5. The number of aryl methyl sites for hydroxylation is 1. The number of ether oxygens (including phenoxy) is 2. The molecule has 0 aliphatic carbocycles. The molecule has 4 rings (SSSR count). The quantitative estimate of drug-likeness (QED) is 0.357. The Labute approximate surface area is 184 Å². The zero-order chi connectivity index (χ0) is 22.1. The molecule has 1 unspecified atom stereocenters. The second-order valence-corrected chi connectivity index (χ2v) is 8.04. The summed E-state index contributed by atoms with van der Waals surface area (Å²) in [5.41, 5.74) is 1.72. The molecule has 1 saturated heterocycles. The Morgan fingerprint density at radius 2 is 1.74 bits per heavy atom.